The van der Waals surface area contributed by atoms with E-state index in [1.54, 1.807) is 18.2 Å². The molecule has 0 heterocycles. The van der Waals surface area contributed by atoms with Gasteiger partial charge in [0.1, 0.15) is 17.8 Å². The second-order valence-electron chi connectivity index (χ2n) is 15.5. The third-order valence-corrected chi connectivity index (χ3v) is 10.2. The van der Waals surface area contributed by atoms with Crippen LogP contribution in [-0.4, -0.2) is 24.5 Å². The number of esters is 1. The summed E-state index contributed by atoms with van der Waals surface area (Å²) in [4.78, 5) is 23.5. The zero-order valence-electron chi connectivity index (χ0n) is 32.5. The Hall–Kier alpha value is -3.37. The molecule has 0 aliphatic rings. The van der Waals surface area contributed by atoms with Gasteiger partial charge in [0.05, 0.1) is 6.10 Å². The van der Waals surface area contributed by atoms with E-state index >= 15 is 0 Å². The molecule has 0 amide bonds. The van der Waals surface area contributed by atoms with E-state index in [1.165, 1.54) is 51.4 Å². The topological polar surface area (TPSA) is 78.9 Å². The number of carbonyl (C=O) groups is 2. The molecule has 0 aliphatic heterocycles. The second-order valence-corrected chi connectivity index (χ2v) is 17.4. The normalized spacial score (nSPS) is 13.2. The summed E-state index contributed by atoms with van der Waals surface area (Å²) in [6.45, 7) is 14.2. The number of ether oxygens (including phenoxy) is 1. The highest BCUT2D eigenvalue weighted by Crippen LogP contribution is 2.52. The predicted molar refractivity (Wildman–Crippen MR) is 213 cm³/mol. The van der Waals surface area contributed by atoms with Crippen LogP contribution in [0.4, 0.5) is 0 Å². The van der Waals surface area contributed by atoms with Crippen molar-refractivity contribution < 1.29 is 27.9 Å². The van der Waals surface area contributed by atoms with Crippen LogP contribution < -0.4 is 9.05 Å². The minimum atomic E-state index is -4.04. The highest BCUT2D eigenvalue weighted by molar-refractivity contribution is 7.55. The summed E-state index contributed by atoms with van der Waals surface area (Å²) in [5, 5.41) is 0. The van der Waals surface area contributed by atoms with E-state index in [0.29, 0.717) is 17.9 Å². The Balaban J connectivity index is 1.81. The lowest BCUT2D eigenvalue weighted by Crippen LogP contribution is -2.22. The molecule has 0 spiro atoms. The summed E-state index contributed by atoms with van der Waals surface area (Å²) in [7, 11) is -4.04. The molecule has 51 heavy (non-hydrogen) atoms. The minimum Gasteiger partial charge on any atom is -0.462 e. The fourth-order valence-electron chi connectivity index (χ4n) is 5.80. The highest BCUT2D eigenvalue weighted by Gasteiger charge is 2.36. The Morgan fingerprint density at radius 1 is 0.647 bits per heavy atom. The Kier molecular flexibility index (Phi) is 20.0. The van der Waals surface area contributed by atoms with Crippen LogP contribution in [0.2, 0.25) is 0 Å². The fraction of sp³-hybridized carbons (Fsp3) is 0.545. The molecule has 0 bridgehead atoms. The van der Waals surface area contributed by atoms with Crippen molar-refractivity contribution in [2.75, 3.05) is 6.16 Å². The number of para-hydroxylation sites is 2. The third kappa shape index (κ3) is 18.6. The summed E-state index contributed by atoms with van der Waals surface area (Å²) >= 11 is 0. The first kappa shape index (κ1) is 43.8. The van der Waals surface area contributed by atoms with Gasteiger partial charge in [-0.15, -0.1) is 0 Å². The van der Waals surface area contributed by atoms with Crippen molar-refractivity contribution in [2.45, 2.75) is 149 Å². The largest absolute Gasteiger partial charge is 0.462 e. The van der Waals surface area contributed by atoms with Crippen molar-refractivity contribution in [3.05, 3.63) is 96.1 Å². The lowest BCUT2D eigenvalue weighted by molar-refractivity contribution is -0.145. The maximum atomic E-state index is 14.5. The number of benzene rings is 2. The molecule has 0 unspecified atom stereocenters. The van der Waals surface area contributed by atoms with Crippen molar-refractivity contribution in [1.82, 2.24) is 0 Å². The Morgan fingerprint density at radius 3 is 1.51 bits per heavy atom. The first-order valence-electron chi connectivity index (χ1n) is 19.0. The van der Waals surface area contributed by atoms with Gasteiger partial charge in [0.25, 0.3) is 0 Å². The van der Waals surface area contributed by atoms with E-state index in [1.807, 2.05) is 49.4 Å². The van der Waals surface area contributed by atoms with Crippen molar-refractivity contribution in [3.8, 4) is 11.5 Å². The SMILES string of the molecule is C[C@H](CCC/C=C/C=C/CCCCCCCCCC/C=C/C=O)OC(=O)CP(=O)(Oc1ccccc1C(C)(C)C)Oc1ccccc1C(C)(C)C. The molecular weight excluding hydrogens is 655 g/mol. The lowest BCUT2D eigenvalue weighted by Gasteiger charge is -2.28. The summed E-state index contributed by atoms with van der Waals surface area (Å²) in [6.07, 6.45) is 26.8. The van der Waals surface area contributed by atoms with Crippen molar-refractivity contribution in [2.24, 2.45) is 0 Å². The first-order chi connectivity index (χ1) is 24.2. The molecular formula is C44H65O6P. The van der Waals surface area contributed by atoms with Gasteiger partial charge in [-0.1, -0.05) is 147 Å². The minimum absolute atomic E-state index is 0.275. The molecule has 1 atom stereocenters. The third-order valence-electron chi connectivity index (χ3n) is 8.59. The average molecular weight is 721 g/mol. The van der Waals surface area contributed by atoms with E-state index in [4.69, 9.17) is 13.8 Å². The molecule has 6 nitrogen and oxygen atoms in total. The maximum absolute atomic E-state index is 14.5. The second kappa shape index (κ2) is 23.2. The van der Waals surface area contributed by atoms with Gasteiger partial charge in [0.2, 0.25) is 0 Å². The number of hydrogen-bond acceptors (Lipinski definition) is 6. The van der Waals surface area contributed by atoms with Crippen LogP contribution in [0.5, 0.6) is 11.5 Å². The summed E-state index contributed by atoms with van der Waals surface area (Å²) in [5.41, 5.74) is 1.20. The van der Waals surface area contributed by atoms with Crippen molar-refractivity contribution >= 4 is 19.9 Å². The van der Waals surface area contributed by atoms with Gasteiger partial charge in [0.15, 0.2) is 6.16 Å². The van der Waals surface area contributed by atoms with Crippen LogP contribution in [0.15, 0.2) is 85.0 Å². The van der Waals surface area contributed by atoms with Crippen LogP contribution in [-0.2, 0) is 29.7 Å². The zero-order chi connectivity index (χ0) is 37.6. The van der Waals surface area contributed by atoms with Gasteiger partial charge < -0.3 is 13.8 Å². The maximum Gasteiger partial charge on any atom is 0.441 e. The number of hydrogen-bond donors (Lipinski definition) is 0. The zero-order valence-corrected chi connectivity index (χ0v) is 33.4. The van der Waals surface area contributed by atoms with Crippen LogP contribution in [0, 0.1) is 0 Å². The Bertz CT molecular complexity index is 1380. The van der Waals surface area contributed by atoms with Gasteiger partial charge in [0, 0.05) is 11.1 Å². The first-order valence-corrected chi connectivity index (χ1v) is 20.8. The molecule has 0 N–H and O–H groups in total. The highest BCUT2D eigenvalue weighted by atomic mass is 31.2. The number of allylic oxidation sites excluding steroid dienone is 6. The van der Waals surface area contributed by atoms with Crippen LogP contribution in [0.3, 0.4) is 0 Å². The molecule has 7 heteroatoms. The quantitative estimate of drug-likeness (QED) is 0.0268. The van der Waals surface area contributed by atoms with E-state index < -0.39 is 19.7 Å². The molecule has 0 radical (unpaired) electrons. The number of aldehydes is 1. The van der Waals surface area contributed by atoms with E-state index in [-0.39, 0.29) is 16.9 Å². The average Bonchev–Trinajstić information content (AvgIpc) is 3.05. The van der Waals surface area contributed by atoms with E-state index in [9.17, 15) is 14.2 Å². The van der Waals surface area contributed by atoms with E-state index in [2.05, 4.69) is 65.8 Å². The molecule has 2 aromatic carbocycles. The number of carbonyl (C=O) groups excluding carboxylic acids is 2. The smallest absolute Gasteiger partial charge is 0.441 e. The number of rotatable bonds is 24. The van der Waals surface area contributed by atoms with Crippen LogP contribution in [0.25, 0.3) is 0 Å². The Morgan fingerprint density at radius 2 is 1.06 bits per heavy atom. The Labute approximate surface area is 309 Å². The monoisotopic (exact) mass is 720 g/mol. The molecule has 0 fully saturated rings. The molecule has 2 aromatic rings. The summed E-state index contributed by atoms with van der Waals surface area (Å²) in [5.74, 6) is 0.261. The molecule has 0 saturated carbocycles. The van der Waals surface area contributed by atoms with Crippen molar-refractivity contribution in [3.63, 3.8) is 0 Å². The van der Waals surface area contributed by atoms with Gasteiger partial charge in [-0.3, -0.25) is 9.59 Å². The number of unbranched alkanes of at least 4 members (excludes halogenated alkanes) is 10. The van der Waals surface area contributed by atoms with E-state index in [0.717, 1.165) is 43.1 Å². The van der Waals surface area contributed by atoms with Crippen molar-refractivity contribution in [1.29, 1.82) is 0 Å². The lowest BCUT2D eigenvalue weighted by atomic mass is 9.86. The molecule has 0 saturated heterocycles. The fourth-order valence-corrected chi connectivity index (χ4v) is 7.28. The molecule has 282 valence electrons. The summed E-state index contributed by atoms with van der Waals surface area (Å²) < 4.78 is 32.6. The van der Waals surface area contributed by atoms with Gasteiger partial charge in [-0.2, -0.15) is 0 Å². The van der Waals surface area contributed by atoms with Gasteiger partial charge in [-0.05, 0) is 80.9 Å². The molecule has 2 rings (SSSR count). The van der Waals surface area contributed by atoms with Crippen LogP contribution in [0.1, 0.15) is 143 Å². The molecule has 0 aromatic heterocycles. The van der Waals surface area contributed by atoms with Crippen LogP contribution >= 0.6 is 7.60 Å². The molecule has 0 aliphatic carbocycles. The predicted octanol–water partition coefficient (Wildman–Crippen LogP) is 12.8. The van der Waals surface area contributed by atoms with Gasteiger partial charge >= 0.3 is 13.6 Å². The standard InChI is InChI=1S/C44H65O6P/c1-37(30-24-22-20-18-16-14-12-10-8-9-11-13-15-17-19-21-23-29-35-45)48-42(46)36-51(47,49-40-33-27-25-31-38(40)43(2,3)4)50-41-34-28-26-32-39(41)44(5,6)7/h14,16,18,20,23,25-29,31-35,37H,8-13,15,17,19,21-22,24,30,36H2,1-7H3/b16-14+,20-18+,29-23+/t37-/m1/s1. The summed E-state index contributed by atoms with van der Waals surface area (Å²) in [6, 6.07) is 14.9. The van der Waals surface area contributed by atoms with Gasteiger partial charge in [-0.25, -0.2) is 4.57 Å².